The highest BCUT2D eigenvalue weighted by atomic mass is 16.3. The lowest BCUT2D eigenvalue weighted by Gasteiger charge is -2.30. The van der Waals surface area contributed by atoms with Gasteiger partial charge in [-0.3, -0.25) is 0 Å². The van der Waals surface area contributed by atoms with Crippen LogP contribution in [0.3, 0.4) is 0 Å². The van der Waals surface area contributed by atoms with E-state index in [0.29, 0.717) is 0 Å². The Balaban J connectivity index is 2.42. The van der Waals surface area contributed by atoms with Crippen LogP contribution in [0.5, 0.6) is 0 Å². The first kappa shape index (κ1) is 9.01. The first-order chi connectivity index (χ1) is 5.10. The molecule has 0 radical (unpaired) electrons. The molecule has 1 saturated heterocycles. The maximum Gasteiger partial charge on any atom is 0.0546 e. The van der Waals surface area contributed by atoms with E-state index in [2.05, 4.69) is 19.2 Å². The molecule has 0 aromatic heterocycles. The van der Waals surface area contributed by atoms with Gasteiger partial charge in [-0.1, -0.05) is 13.8 Å². The third-order valence-corrected chi connectivity index (χ3v) is 2.28. The van der Waals surface area contributed by atoms with Crippen LogP contribution < -0.4 is 5.32 Å². The lowest BCUT2D eigenvalue weighted by Crippen LogP contribution is -2.35. The average molecular weight is 157 g/mol. The van der Waals surface area contributed by atoms with Gasteiger partial charge in [-0.2, -0.15) is 0 Å². The molecule has 0 aromatic carbocycles. The predicted octanol–water partition coefficient (Wildman–Crippen LogP) is 1.15. The van der Waals surface area contributed by atoms with E-state index in [9.17, 15) is 5.11 Å². The Kier molecular flexibility index (Phi) is 2.90. The molecule has 2 nitrogen and oxygen atoms in total. The van der Waals surface area contributed by atoms with E-state index in [1.165, 1.54) is 0 Å². The molecule has 66 valence electrons. The number of aliphatic hydroxyl groups excluding tert-OH is 1. The summed E-state index contributed by atoms with van der Waals surface area (Å²) in [5, 5.41) is 12.9. The largest absolute Gasteiger partial charge is 0.393 e. The Labute approximate surface area is 69.0 Å². The van der Waals surface area contributed by atoms with Gasteiger partial charge in [0.05, 0.1) is 6.10 Å². The van der Waals surface area contributed by atoms with Crippen LogP contribution in [-0.4, -0.2) is 24.3 Å². The van der Waals surface area contributed by atoms with Crippen LogP contribution in [0.2, 0.25) is 0 Å². The predicted molar refractivity (Wildman–Crippen MR) is 46.5 cm³/mol. The summed E-state index contributed by atoms with van der Waals surface area (Å²) >= 11 is 0. The Morgan fingerprint density at radius 1 is 1.45 bits per heavy atom. The van der Waals surface area contributed by atoms with Crippen molar-refractivity contribution in [1.82, 2.24) is 5.32 Å². The Hall–Kier alpha value is -0.0800. The van der Waals surface area contributed by atoms with Gasteiger partial charge in [-0.25, -0.2) is 0 Å². The molecule has 2 N–H and O–H groups in total. The molecule has 2 heteroatoms. The molecule has 0 spiro atoms. The maximum atomic E-state index is 9.52. The summed E-state index contributed by atoms with van der Waals surface area (Å²) in [4.78, 5) is 0. The first-order valence-electron chi connectivity index (χ1n) is 4.49. The van der Waals surface area contributed by atoms with Crippen LogP contribution in [0.4, 0.5) is 0 Å². The molecule has 0 aliphatic carbocycles. The number of aliphatic hydroxyl groups is 1. The summed E-state index contributed by atoms with van der Waals surface area (Å²) in [5.74, 6) is 0. The van der Waals surface area contributed by atoms with Crippen molar-refractivity contribution < 1.29 is 5.11 Å². The third-order valence-electron chi connectivity index (χ3n) is 2.28. The van der Waals surface area contributed by atoms with Crippen molar-refractivity contribution >= 4 is 0 Å². The smallest absolute Gasteiger partial charge is 0.0546 e. The molecule has 1 unspecified atom stereocenters. The van der Waals surface area contributed by atoms with Crippen molar-refractivity contribution in [2.24, 2.45) is 5.41 Å². The van der Waals surface area contributed by atoms with Gasteiger partial charge in [0.1, 0.15) is 0 Å². The second-order valence-electron chi connectivity index (χ2n) is 4.34. The molecule has 1 aliphatic heterocycles. The molecule has 1 rings (SSSR count). The fourth-order valence-electron chi connectivity index (χ4n) is 1.70. The van der Waals surface area contributed by atoms with E-state index in [0.717, 1.165) is 32.4 Å². The summed E-state index contributed by atoms with van der Waals surface area (Å²) < 4.78 is 0. The van der Waals surface area contributed by atoms with Crippen molar-refractivity contribution in [3.63, 3.8) is 0 Å². The number of rotatable bonds is 0. The van der Waals surface area contributed by atoms with Crippen molar-refractivity contribution in [2.45, 2.75) is 39.2 Å². The molecule has 1 atom stereocenters. The Bertz CT molecular complexity index is 123. The van der Waals surface area contributed by atoms with E-state index in [4.69, 9.17) is 0 Å². The third kappa shape index (κ3) is 3.21. The van der Waals surface area contributed by atoms with Crippen LogP contribution >= 0.6 is 0 Å². The standard InChI is InChI=1S/C9H19NO/c1-9(2)6-8(11)4-3-5-10-7-9/h8,10-11H,3-7H2,1-2H3. The molecule has 0 amide bonds. The second kappa shape index (κ2) is 3.55. The van der Waals surface area contributed by atoms with Gasteiger partial charge >= 0.3 is 0 Å². The minimum Gasteiger partial charge on any atom is -0.393 e. The molecular formula is C9H19NO. The van der Waals surface area contributed by atoms with Crippen LogP contribution in [0.25, 0.3) is 0 Å². The minimum absolute atomic E-state index is 0.0768. The van der Waals surface area contributed by atoms with Gasteiger partial charge in [-0.05, 0) is 31.2 Å². The van der Waals surface area contributed by atoms with Gasteiger partial charge in [0, 0.05) is 6.54 Å². The van der Waals surface area contributed by atoms with E-state index < -0.39 is 0 Å². The summed E-state index contributed by atoms with van der Waals surface area (Å²) in [6.45, 7) is 6.49. The van der Waals surface area contributed by atoms with Gasteiger partial charge in [0.2, 0.25) is 0 Å². The summed E-state index contributed by atoms with van der Waals surface area (Å²) in [6.07, 6.45) is 2.92. The molecule has 1 aliphatic rings. The van der Waals surface area contributed by atoms with Crippen molar-refractivity contribution in [3.05, 3.63) is 0 Å². The van der Waals surface area contributed by atoms with Crippen molar-refractivity contribution in [1.29, 1.82) is 0 Å². The average Bonchev–Trinajstić information content (AvgIpc) is 1.82. The molecular weight excluding hydrogens is 138 g/mol. The Morgan fingerprint density at radius 3 is 2.91 bits per heavy atom. The van der Waals surface area contributed by atoms with Crippen molar-refractivity contribution in [3.8, 4) is 0 Å². The molecule has 0 saturated carbocycles. The molecule has 0 aromatic rings. The maximum absolute atomic E-state index is 9.52. The van der Waals surface area contributed by atoms with Gasteiger partial charge in [-0.15, -0.1) is 0 Å². The fourth-order valence-corrected chi connectivity index (χ4v) is 1.70. The van der Waals surface area contributed by atoms with E-state index in [1.807, 2.05) is 0 Å². The van der Waals surface area contributed by atoms with Crippen LogP contribution in [-0.2, 0) is 0 Å². The summed E-state index contributed by atoms with van der Waals surface area (Å²) in [7, 11) is 0. The van der Waals surface area contributed by atoms with Gasteiger partial charge in [0.15, 0.2) is 0 Å². The number of hydrogen-bond acceptors (Lipinski definition) is 2. The Morgan fingerprint density at radius 2 is 2.18 bits per heavy atom. The lowest BCUT2D eigenvalue weighted by atomic mass is 9.84. The number of nitrogens with one attached hydrogen (secondary N) is 1. The monoisotopic (exact) mass is 157 g/mol. The summed E-state index contributed by atoms with van der Waals surface area (Å²) in [6, 6.07) is 0. The normalized spacial score (nSPS) is 32.5. The van der Waals surface area contributed by atoms with Crippen LogP contribution in [0.1, 0.15) is 33.1 Å². The van der Waals surface area contributed by atoms with Gasteiger partial charge in [0.25, 0.3) is 0 Å². The zero-order valence-electron chi connectivity index (χ0n) is 7.56. The van der Waals surface area contributed by atoms with E-state index in [-0.39, 0.29) is 11.5 Å². The van der Waals surface area contributed by atoms with Crippen LogP contribution in [0, 0.1) is 5.41 Å². The van der Waals surface area contributed by atoms with Crippen molar-refractivity contribution in [2.75, 3.05) is 13.1 Å². The highest BCUT2D eigenvalue weighted by molar-refractivity contribution is 4.77. The van der Waals surface area contributed by atoms with Crippen LogP contribution in [0.15, 0.2) is 0 Å². The second-order valence-corrected chi connectivity index (χ2v) is 4.34. The zero-order valence-corrected chi connectivity index (χ0v) is 7.56. The minimum atomic E-state index is -0.0768. The summed E-state index contributed by atoms with van der Waals surface area (Å²) in [5.41, 5.74) is 0.264. The number of hydrogen-bond donors (Lipinski definition) is 2. The SMILES string of the molecule is CC1(C)CNCCCC(O)C1. The molecule has 1 heterocycles. The molecule has 0 bridgehead atoms. The topological polar surface area (TPSA) is 32.3 Å². The quantitative estimate of drug-likeness (QED) is 0.553. The highest BCUT2D eigenvalue weighted by Crippen LogP contribution is 2.24. The van der Waals surface area contributed by atoms with E-state index in [1.54, 1.807) is 0 Å². The molecule has 11 heavy (non-hydrogen) atoms. The first-order valence-corrected chi connectivity index (χ1v) is 4.49. The van der Waals surface area contributed by atoms with E-state index >= 15 is 0 Å². The zero-order chi connectivity index (χ0) is 8.32. The molecule has 1 fully saturated rings. The van der Waals surface area contributed by atoms with Gasteiger partial charge < -0.3 is 10.4 Å². The highest BCUT2D eigenvalue weighted by Gasteiger charge is 2.23. The fraction of sp³-hybridized carbons (Fsp3) is 1.00. The lowest BCUT2D eigenvalue weighted by molar-refractivity contribution is 0.0943.